The third-order valence-corrected chi connectivity index (χ3v) is 0. The Hall–Kier alpha value is 0.522. The van der Waals surface area contributed by atoms with E-state index < -0.39 is 5.97 Å². The van der Waals surface area contributed by atoms with Gasteiger partial charge in [-0.3, -0.25) is 4.79 Å². The second-order valence-corrected chi connectivity index (χ2v) is 0.519. The van der Waals surface area contributed by atoms with Crippen molar-refractivity contribution in [2.75, 3.05) is 0 Å². The van der Waals surface area contributed by atoms with E-state index in [9.17, 15) is 0 Å². The molecule has 0 radical (unpaired) electrons. The van der Waals surface area contributed by atoms with Crippen molar-refractivity contribution in [3.8, 4) is 0 Å². The molecule has 0 saturated heterocycles. The summed E-state index contributed by atoms with van der Waals surface area (Å²) < 4.78 is 0. The molecule has 0 spiro atoms. The van der Waals surface area contributed by atoms with Crippen molar-refractivity contribution < 1.29 is 30.3 Å². The molecule has 0 fully saturated rings. The minimum absolute atomic E-state index is 0. The molecule has 0 aromatic carbocycles. The third-order valence-electron chi connectivity index (χ3n) is 0. The summed E-state index contributed by atoms with van der Waals surface area (Å²) in [6.07, 6.45) is 0. The predicted octanol–water partition coefficient (Wildman–Crippen LogP) is 0.864. The molecular weight excluding hydrogens is 207 g/mol. The van der Waals surface area contributed by atoms with Crippen LogP contribution in [0.25, 0.3) is 6.15 Å². The van der Waals surface area contributed by atoms with Gasteiger partial charge in [-0.2, -0.15) is 9.90 Å². The molecule has 0 aliphatic carbocycles. The molecule has 0 aromatic rings. The number of hydrogen-bond acceptors (Lipinski definition) is 1. The molecule has 1 unspecified atom stereocenters. The molecule has 0 heterocycles. The second kappa shape index (κ2) is 16.0. The van der Waals surface area contributed by atoms with Gasteiger partial charge in [-0.05, 0) is 0 Å². The molecule has 1 atom stereocenters. The van der Waals surface area contributed by atoms with Crippen molar-refractivity contribution in [2.24, 2.45) is 0 Å². The average molecular weight is 216 g/mol. The molecule has 0 aromatic heterocycles. The molecular formula is C2H9NO2PPd-. The number of nitrogens with two attached hydrogens (primary N) is 1. The van der Waals surface area contributed by atoms with Gasteiger partial charge in [0.25, 0.3) is 5.97 Å². The van der Waals surface area contributed by atoms with Crippen LogP contribution in [0.2, 0.25) is 0 Å². The minimum atomic E-state index is -0.833. The topological polar surface area (TPSA) is 70.8 Å². The zero-order chi connectivity index (χ0) is 3.58. The van der Waals surface area contributed by atoms with Crippen molar-refractivity contribution in [1.82, 2.24) is 0 Å². The smallest absolute Gasteiger partial charge is 0.300 e. The Balaban J connectivity index is -0.0000000150. The fourth-order valence-electron chi connectivity index (χ4n) is 0. The van der Waals surface area contributed by atoms with Crippen molar-refractivity contribution >= 4 is 15.9 Å². The van der Waals surface area contributed by atoms with Gasteiger partial charge in [0, 0.05) is 27.3 Å². The van der Waals surface area contributed by atoms with Crippen LogP contribution in [-0.4, -0.2) is 11.1 Å². The van der Waals surface area contributed by atoms with Crippen LogP contribution in [0, 0.1) is 0 Å². The molecule has 3 nitrogen and oxygen atoms in total. The first kappa shape index (κ1) is 25.8. The van der Waals surface area contributed by atoms with Crippen molar-refractivity contribution in [2.45, 2.75) is 6.92 Å². The van der Waals surface area contributed by atoms with Crippen LogP contribution in [0.3, 0.4) is 0 Å². The Kier molecular flexibility index (Phi) is 59.1. The standard InChI is InChI=1S/C2H4O2.H2N.H3P.Pd/c1-2(3)4;;;/h1H3,(H,3,4);1H2;1H3;/q;-1;;. The Morgan fingerprint density at radius 2 is 1.57 bits per heavy atom. The maximum atomic E-state index is 9.00. The number of rotatable bonds is 0. The molecule has 0 bridgehead atoms. The van der Waals surface area contributed by atoms with Gasteiger partial charge in [-0.25, -0.2) is 0 Å². The fourth-order valence-corrected chi connectivity index (χ4v) is 0. The Labute approximate surface area is 59.7 Å². The van der Waals surface area contributed by atoms with Gasteiger partial charge in [0.05, 0.1) is 0 Å². The van der Waals surface area contributed by atoms with Crippen molar-refractivity contribution in [3.05, 3.63) is 6.15 Å². The number of carboxylic acids is 1. The molecule has 0 rings (SSSR count). The summed E-state index contributed by atoms with van der Waals surface area (Å²) in [5.74, 6) is -0.833. The number of aliphatic carboxylic acids is 1. The first-order valence-electron chi connectivity index (χ1n) is 0.928. The van der Waals surface area contributed by atoms with Gasteiger partial charge in [0.1, 0.15) is 0 Å². The molecule has 50 valence electrons. The Morgan fingerprint density at radius 1 is 1.57 bits per heavy atom. The van der Waals surface area contributed by atoms with Crippen LogP contribution >= 0.6 is 9.90 Å². The van der Waals surface area contributed by atoms with Gasteiger partial charge < -0.3 is 11.3 Å². The average Bonchev–Trinajstić information content (AvgIpc) is 0.811. The van der Waals surface area contributed by atoms with E-state index in [0.29, 0.717) is 0 Å². The predicted molar refractivity (Wildman–Crippen MR) is 29.7 cm³/mol. The van der Waals surface area contributed by atoms with Gasteiger partial charge in [0.15, 0.2) is 0 Å². The molecule has 0 saturated carbocycles. The monoisotopic (exact) mass is 216 g/mol. The molecule has 7 heavy (non-hydrogen) atoms. The summed E-state index contributed by atoms with van der Waals surface area (Å²) in [4.78, 5) is 9.00. The van der Waals surface area contributed by atoms with Gasteiger partial charge in [-0.15, -0.1) is 0 Å². The van der Waals surface area contributed by atoms with Crippen molar-refractivity contribution in [3.63, 3.8) is 0 Å². The van der Waals surface area contributed by atoms with E-state index in [-0.39, 0.29) is 36.5 Å². The minimum Gasteiger partial charge on any atom is -0.693 e. The Morgan fingerprint density at radius 3 is 1.57 bits per heavy atom. The van der Waals surface area contributed by atoms with E-state index in [2.05, 4.69) is 0 Å². The van der Waals surface area contributed by atoms with E-state index in [4.69, 9.17) is 9.90 Å². The molecule has 0 aliphatic heterocycles. The van der Waals surface area contributed by atoms with E-state index in [1.165, 1.54) is 0 Å². The molecule has 0 amide bonds. The van der Waals surface area contributed by atoms with E-state index in [0.717, 1.165) is 6.92 Å². The zero-order valence-electron chi connectivity index (χ0n) is 3.96. The number of carbonyl (C=O) groups is 1. The maximum absolute atomic E-state index is 9.00. The van der Waals surface area contributed by atoms with E-state index in [1.807, 2.05) is 0 Å². The fraction of sp³-hybridized carbons (Fsp3) is 0.500. The first-order valence-corrected chi connectivity index (χ1v) is 0.928. The van der Waals surface area contributed by atoms with Crippen LogP contribution in [-0.2, 0) is 25.2 Å². The first-order chi connectivity index (χ1) is 1.73. The van der Waals surface area contributed by atoms with E-state index in [1.54, 1.807) is 0 Å². The van der Waals surface area contributed by atoms with Gasteiger partial charge in [0.2, 0.25) is 0 Å². The zero-order valence-corrected chi connectivity index (χ0v) is 6.92. The summed E-state index contributed by atoms with van der Waals surface area (Å²) >= 11 is 0. The number of carboxylic acid groups (broad SMARTS) is 1. The van der Waals surface area contributed by atoms with E-state index >= 15 is 0 Å². The van der Waals surface area contributed by atoms with Crippen LogP contribution in [0.4, 0.5) is 0 Å². The summed E-state index contributed by atoms with van der Waals surface area (Å²) in [7, 11) is 0. The van der Waals surface area contributed by atoms with Gasteiger partial charge >= 0.3 is 0 Å². The maximum Gasteiger partial charge on any atom is 0.300 e. The van der Waals surface area contributed by atoms with Crippen molar-refractivity contribution in [1.29, 1.82) is 0 Å². The Bertz CT molecular complexity index is 38.7. The van der Waals surface area contributed by atoms with Crippen LogP contribution in [0.5, 0.6) is 0 Å². The van der Waals surface area contributed by atoms with Crippen LogP contribution < -0.4 is 0 Å². The summed E-state index contributed by atoms with van der Waals surface area (Å²) in [6.45, 7) is 1.08. The third kappa shape index (κ3) is 489. The largest absolute Gasteiger partial charge is 0.693 e. The normalized spacial score (nSPS) is 3.57. The summed E-state index contributed by atoms with van der Waals surface area (Å²) in [6, 6.07) is 0. The van der Waals surface area contributed by atoms with Gasteiger partial charge in [-0.1, -0.05) is 0 Å². The van der Waals surface area contributed by atoms with Crippen LogP contribution in [0.1, 0.15) is 6.92 Å². The summed E-state index contributed by atoms with van der Waals surface area (Å²) in [5, 5.41) is 7.42. The SMILES string of the molecule is CC(=O)O.P.[NH2-].[Pd]. The molecule has 5 heteroatoms. The molecule has 3 N–H and O–H groups in total. The van der Waals surface area contributed by atoms with Crippen LogP contribution in [0.15, 0.2) is 0 Å². The second-order valence-electron chi connectivity index (χ2n) is 0.519. The summed E-state index contributed by atoms with van der Waals surface area (Å²) in [5.41, 5.74) is 0. The number of hydrogen-bond donors (Lipinski definition) is 1. The molecule has 0 aliphatic rings. The quantitative estimate of drug-likeness (QED) is 0.482.